The number of nitrogens with two attached hydrogens (primary N) is 1. The highest BCUT2D eigenvalue weighted by atomic mass is 35.5. The Kier molecular flexibility index (Phi) is 2.98. The first kappa shape index (κ1) is 10.5. The maximum atomic E-state index is 6.20. The molecule has 3 heteroatoms. The third-order valence-electron chi connectivity index (χ3n) is 2.69. The lowest BCUT2D eigenvalue weighted by Gasteiger charge is -2.01. The second-order valence-corrected chi connectivity index (χ2v) is 4.02. The summed E-state index contributed by atoms with van der Waals surface area (Å²) in [5.41, 5.74) is 8.02. The fourth-order valence-electron chi connectivity index (χ4n) is 1.99. The average molecular weight is 223 g/mol. The molecule has 0 saturated carbocycles. The smallest absolute Gasteiger partial charge is 0.0672 e. The summed E-state index contributed by atoms with van der Waals surface area (Å²) in [7, 11) is 0. The number of halogens is 1. The molecule has 2 N–H and O–H groups in total. The van der Waals surface area contributed by atoms with Crippen LogP contribution in [-0.2, 0) is 13.0 Å². The van der Waals surface area contributed by atoms with Crippen molar-refractivity contribution in [2.75, 3.05) is 6.54 Å². The number of benzene rings is 1. The largest absolute Gasteiger partial charge is 0.346 e. The molecule has 0 fully saturated rings. The van der Waals surface area contributed by atoms with Gasteiger partial charge in [-0.05, 0) is 31.5 Å². The summed E-state index contributed by atoms with van der Waals surface area (Å²) in [6, 6.07) is 6.03. The van der Waals surface area contributed by atoms with Crippen LogP contribution in [0.4, 0.5) is 0 Å². The zero-order valence-corrected chi connectivity index (χ0v) is 9.59. The molecule has 0 unspecified atom stereocenters. The van der Waals surface area contributed by atoms with Crippen molar-refractivity contribution in [3.05, 3.63) is 35.0 Å². The van der Waals surface area contributed by atoms with Crippen LogP contribution in [0.2, 0.25) is 5.02 Å². The molecular weight excluding hydrogens is 208 g/mol. The van der Waals surface area contributed by atoms with Gasteiger partial charge in [-0.25, -0.2) is 0 Å². The molecule has 2 aromatic rings. The predicted molar refractivity (Wildman–Crippen MR) is 65.4 cm³/mol. The second-order valence-electron chi connectivity index (χ2n) is 3.62. The summed E-state index contributed by atoms with van der Waals surface area (Å²) in [6.45, 7) is 3.73. The Labute approximate surface area is 94.6 Å². The highest BCUT2D eigenvalue weighted by molar-refractivity contribution is 6.35. The van der Waals surface area contributed by atoms with Crippen molar-refractivity contribution in [2.45, 2.75) is 19.9 Å². The number of rotatable bonds is 3. The van der Waals surface area contributed by atoms with E-state index < -0.39 is 0 Å². The third-order valence-corrected chi connectivity index (χ3v) is 2.99. The van der Waals surface area contributed by atoms with Gasteiger partial charge in [0.05, 0.1) is 10.5 Å². The van der Waals surface area contributed by atoms with E-state index in [-0.39, 0.29) is 0 Å². The molecule has 0 bridgehead atoms. The molecule has 1 aromatic carbocycles. The SMILES string of the molecule is CCn1cc(CCN)c2cccc(Cl)c21. The molecule has 2 rings (SSSR count). The predicted octanol–water partition coefficient (Wildman–Crippen LogP) is 2.82. The lowest BCUT2D eigenvalue weighted by molar-refractivity contribution is 0.791. The molecule has 0 atom stereocenters. The summed E-state index contributed by atoms with van der Waals surface area (Å²) in [5, 5.41) is 2.05. The molecule has 0 aliphatic rings. The van der Waals surface area contributed by atoms with Crippen LogP contribution in [-0.4, -0.2) is 11.1 Å². The van der Waals surface area contributed by atoms with Crippen LogP contribution < -0.4 is 5.73 Å². The first-order chi connectivity index (χ1) is 7.27. The molecule has 0 amide bonds. The third kappa shape index (κ3) is 1.75. The van der Waals surface area contributed by atoms with Gasteiger partial charge in [0, 0.05) is 18.1 Å². The lowest BCUT2D eigenvalue weighted by atomic mass is 10.1. The van der Waals surface area contributed by atoms with E-state index in [1.807, 2.05) is 12.1 Å². The van der Waals surface area contributed by atoms with Crippen LogP contribution in [0.1, 0.15) is 12.5 Å². The van der Waals surface area contributed by atoms with Crippen LogP contribution in [0.5, 0.6) is 0 Å². The van der Waals surface area contributed by atoms with E-state index in [2.05, 4.69) is 23.8 Å². The first-order valence-electron chi connectivity index (χ1n) is 5.24. The van der Waals surface area contributed by atoms with Gasteiger partial charge >= 0.3 is 0 Å². The summed E-state index contributed by atoms with van der Waals surface area (Å²) in [6.07, 6.45) is 3.06. The van der Waals surface area contributed by atoms with Crippen molar-refractivity contribution < 1.29 is 0 Å². The van der Waals surface area contributed by atoms with E-state index in [4.69, 9.17) is 17.3 Å². The van der Waals surface area contributed by atoms with Crippen molar-refractivity contribution in [3.8, 4) is 0 Å². The van der Waals surface area contributed by atoms with Gasteiger partial charge in [0.2, 0.25) is 0 Å². The van der Waals surface area contributed by atoms with Gasteiger partial charge in [-0.1, -0.05) is 23.7 Å². The van der Waals surface area contributed by atoms with E-state index in [9.17, 15) is 0 Å². The van der Waals surface area contributed by atoms with Crippen molar-refractivity contribution in [2.24, 2.45) is 5.73 Å². The van der Waals surface area contributed by atoms with E-state index >= 15 is 0 Å². The quantitative estimate of drug-likeness (QED) is 0.851. The maximum Gasteiger partial charge on any atom is 0.0672 e. The molecule has 1 heterocycles. The van der Waals surface area contributed by atoms with Crippen LogP contribution in [0.3, 0.4) is 0 Å². The summed E-state index contributed by atoms with van der Waals surface area (Å²) in [5.74, 6) is 0. The van der Waals surface area contributed by atoms with Crippen LogP contribution in [0.25, 0.3) is 10.9 Å². The van der Waals surface area contributed by atoms with Crippen LogP contribution in [0, 0.1) is 0 Å². The zero-order chi connectivity index (χ0) is 10.8. The zero-order valence-electron chi connectivity index (χ0n) is 8.83. The Morgan fingerprint density at radius 1 is 1.40 bits per heavy atom. The van der Waals surface area contributed by atoms with Gasteiger partial charge in [-0.15, -0.1) is 0 Å². The number of aryl methyl sites for hydroxylation is 1. The second kappa shape index (κ2) is 4.25. The average Bonchev–Trinajstić information content (AvgIpc) is 2.59. The van der Waals surface area contributed by atoms with Gasteiger partial charge in [0.15, 0.2) is 0 Å². The summed E-state index contributed by atoms with van der Waals surface area (Å²) >= 11 is 6.20. The van der Waals surface area contributed by atoms with Gasteiger partial charge in [-0.2, -0.15) is 0 Å². The van der Waals surface area contributed by atoms with E-state index in [1.165, 1.54) is 10.9 Å². The molecule has 0 spiro atoms. The normalized spacial score (nSPS) is 11.1. The highest BCUT2D eigenvalue weighted by Gasteiger charge is 2.09. The van der Waals surface area contributed by atoms with Gasteiger partial charge < -0.3 is 10.3 Å². The molecule has 2 nitrogen and oxygen atoms in total. The van der Waals surface area contributed by atoms with Gasteiger partial charge in [0.1, 0.15) is 0 Å². The fraction of sp³-hybridized carbons (Fsp3) is 0.333. The number of aromatic nitrogens is 1. The minimum absolute atomic E-state index is 0.676. The van der Waals surface area contributed by atoms with Gasteiger partial charge in [-0.3, -0.25) is 0 Å². The molecule has 0 radical (unpaired) electrons. The lowest BCUT2D eigenvalue weighted by Crippen LogP contribution is -2.02. The van der Waals surface area contributed by atoms with E-state index in [0.29, 0.717) is 6.54 Å². The van der Waals surface area contributed by atoms with E-state index in [0.717, 1.165) is 23.5 Å². The number of hydrogen-bond acceptors (Lipinski definition) is 1. The molecule has 15 heavy (non-hydrogen) atoms. The van der Waals surface area contributed by atoms with Crippen molar-refractivity contribution in [1.82, 2.24) is 4.57 Å². The Bertz CT molecular complexity index is 474. The standard InChI is InChI=1S/C12H15ClN2/c1-2-15-8-9(6-7-14)10-4-3-5-11(13)12(10)15/h3-5,8H,2,6-7,14H2,1H3. The fourth-order valence-corrected chi connectivity index (χ4v) is 2.28. The maximum absolute atomic E-state index is 6.20. The van der Waals surface area contributed by atoms with Crippen LogP contribution >= 0.6 is 11.6 Å². The Hall–Kier alpha value is -0.990. The number of fused-ring (bicyclic) bond motifs is 1. The van der Waals surface area contributed by atoms with Crippen molar-refractivity contribution >= 4 is 22.5 Å². The van der Waals surface area contributed by atoms with Gasteiger partial charge in [0.25, 0.3) is 0 Å². The Morgan fingerprint density at radius 2 is 2.20 bits per heavy atom. The van der Waals surface area contributed by atoms with E-state index in [1.54, 1.807) is 0 Å². The number of para-hydroxylation sites is 1. The molecular formula is C12H15ClN2. The summed E-state index contributed by atoms with van der Waals surface area (Å²) in [4.78, 5) is 0. The molecule has 0 saturated heterocycles. The molecule has 0 aliphatic carbocycles. The number of nitrogens with zero attached hydrogens (tertiary/aromatic N) is 1. The molecule has 0 aliphatic heterocycles. The van der Waals surface area contributed by atoms with Crippen molar-refractivity contribution in [1.29, 1.82) is 0 Å². The topological polar surface area (TPSA) is 30.9 Å². The summed E-state index contributed by atoms with van der Waals surface area (Å²) < 4.78 is 2.18. The monoisotopic (exact) mass is 222 g/mol. The van der Waals surface area contributed by atoms with Crippen molar-refractivity contribution in [3.63, 3.8) is 0 Å². The Balaban J connectivity index is 2.69. The minimum Gasteiger partial charge on any atom is -0.346 e. The Morgan fingerprint density at radius 3 is 2.87 bits per heavy atom. The number of hydrogen-bond donors (Lipinski definition) is 1. The van der Waals surface area contributed by atoms with Crippen LogP contribution in [0.15, 0.2) is 24.4 Å². The molecule has 1 aromatic heterocycles. The minimum atomic E-state index is 0.676. The molecule has 80 valence electrons. The highest BCUT2D eigenvalue weighted by Crippen LogP contribution is 2.28. The first-order valence-corrected chi connectivity index (χ1v) is 5.62.